The molecule has 0 spiro atoms. The molecule has 1 fully saturated rings. The number of carbonyl (C=O) groups excluding carboxylic acids is 1. The molecular formula is C15H22N2O. The lowest BCUT2D eigenvalue weighted by Crippen LogP contribution is -2.58. The number of amides is 1. The van der Waals surface area contributed by atoms with Crippen molar-refractivity contribution in [2.24, 2.45) is 5.73 Å². The van der Waals surface area contributed by atoms with Crippen LogP contribution >= 0.6 is 0 Å². The van der Waals surface area contributed by atoms with Gasteiger partial charge in [0.2, 0.25) is 5.91 Å². The van der Waals surface area contributed by atoms with Gasteiger partial charge in [0.25, 0.3) is 0 Å². The Hall–Kier alpha value is -1.35. The molecule has 3 nitrogen and oxygen atoms in total. The molecule has 0 saturated heterocycles. The number of rotatable bonds is 5. The van der Waals surface area contributed by atoms with Gasteiger partial charge in [-0.1, -0.05) is 37.3 Å². The fourth-order valence-electron chi connectivity index (χ4n) is 2.31. The zero-order valence-corrected chi connectivity index (χ0v) is 11.0. The molecule has 1 aromatic rings. The molecule has 0 aliphatic heterocycles. The highest BCUT2D eigenvalue weighted by Gasteiger charge is 2.39. The van der Waals surface area contributed by atoms with Crippen LogP contribution in [0.15, 0.2) is 30.3 Å². The summed E-state index contributed by atoms with van der Waals surface area (Å²) in [6.45, 7) is 2.89. The van der Waals surface area contributed by atoms with E-state index in [1.165, 1.54) is 5.56 Å². The van der Waals surface area contributed by atoms with Crippen LogP contribution in [0, 0.1) is 0 Å². The third-order valence-electron chi connectivity index (χ3n) is 3.93. The molecule has 1 atom stereocenters. The van der Waals surface area contributed by atoms with Crippen LogP contribution in [0.5, 0.6) is 0 Å². The van der Waals surface area contributed by atoms with Crippen molar-refractivity contribution in [2.45, 2.75) is 44.1 Å². The summed E-state index contributed by atoms with van der Waals surface area (Å²) in [5.41, 5.74) is 6.71. The number of carbonyl (C=O) groups is 1. The van der Waals surface area contributed by atoms with Crippen molar-refractivity contribution in [3.05, 3.63) is 35.9 Å². The van der Waals surface area contributed by atoms with Gasteiger partial charge in [-0.2, -0.15) is 0 Å². The average Bonchev–Trinajstić information content (AvgIpc) is 2.36. The van der Waals surface area contributed by atoms with Crippen LogP contribution in [-0.4, -0.2) is 18.0 Å². The number of hydrogen-bond acceptors (Lipinski definition) is 2. The molecule has 3 N–H and O–H groups in total. The number of nitrogens with two attached hydrogens (primary N) is 1. The fraction of sp³-hybridized carbons (Fsp3) is 0.533. The zero-order chi connectivity index (χ0) is 13.0. The van der Waals surface area contributed by atoms with Gasteiger partial charge in [-0.15, -0.1) is 0 Å². The molecule has 1 aromatic carbocycles. The van der Waals surface area contributed by atoms with E-state index in [2.05, 4.69) is 24.4 Å². The zero-order valence-electron chi connectivity index (χ0n) is 11.0. The average molecular weight is 246 g/mol. The lowest BCUT2D eigenvalue weighted by molar-refractivity contribution is -0.129. The first-order valence-corrected chi connectivity index (χ1v) is 6.74. The van der Waals surface area contributed by atoms with Crippen molar-refractivity contribution in [1.82, 2.24) is 5.32 Å². The van der Waals surface area contributed by atoms with Gasteiger partial charge < -0.3 is 11.1 Å². The summed E-state index contributed by atoms with van der Waals surface area (Å²) in [5, 5.41) is 2.96. The van der Waals surface area contributed by atoms with E-state index >= 15 is 0 Å². The molecule has 2 rings (SSSR count). The van der Waals surface area contributed by atoms with E-state index in [1.807, 2.05) is 18.2 Å². The molecular weight excluding hydrogens is 224 g/mol. The highest BCUT2D eigenvalue weighted by Crippen LogP contribution is 2.29. The van der Waals surface area contributed by atoms with E-state index in [4.69, 9.17) is 5.73 Å². The second kappa shape index (κ2) is 5.53. The standard InChI is InChI=1S/C15H22N2O/c1-12(13-6-3-2-4-7-13)8-11-17-14(18)15(16)9-5-10-15/h2-4,6-7,12H,5,8-11,16H2,1H3,(H,17,18). The van der Waals surface area contributed by atoms with Crippen LogP contribution in [0.1, 0.15) is 44.1 Å². The maximum atomic E-state index is 11.8. The van der Waals surface area contributed by atoms with Crippen molar-refractivity contribution in [1.29, 1.82) is 0 Å². The summed E-state index contributed by atoms with van der Waals surface area (Å²) < 4.78 is 0. The third kappa shape index (κ3) is 2.91. The molecule has 3 heteroatoms. The van der Waals surface area contributed by atoms with Crippen molar-refractivity contribution in [3.8, 4) is 0 Å². The Balaban J connectivity index is 1.74. The van der Waals surface area contributed by atoms with E-state index in [9.17, 15) is 4.79 Å². The maximum absolute atomic E-state index is 11.8. The summed E-state index contributed by atoms with van der Waals surface area (Å²) in [5.74, 6) is 0.482. The normalized spacial score (nSPS) is 18.8. The van der Waals surface area contributed by atoms with Crippen LogP contribution in [0.25, 0.3) is 0 Å². The third-order valence-corrected chi connectivity index (χ3v) is 3.93. The Kier molecular flexibility index (Phi) is 4.02. The molecule has 1 unspecified atom stereocenters. The van der Waals surface area contributed by atoms with Gasteiger partial charge in [-0.25, -0.2) is 0 Å². The van der Waals surface area contributed by atoms with Crippen molar-refractivity contribution < 1.29 is 4.79 Å². The Labute approximate surface area is 109 Å². The summed E-state index contributed by atoms with van der Waals surface area (Å²) >= 11 is 0. The van der Waals surface area contributed by atoms with Crippen LogP contribution in [-0.2, 0) is 4.79 Å². The Morgan fingerprint density at radius 2 is 2.06 bits per heavy atom. The molecule has 1 amide bonds. The predicted octanol–water partition coefficient (Wildman–Crippen LogP) is 2.18. The Bertz CT molecular complexity index is 398. The first-order valence-electron chi connectivity index (χ1n) is 6.74. The SMILES string of the molecule is CC(CCNC(=O)C1(N)CCC1)c1ccccc1. The van der Waals surface area contributed by atoms with Crippen molar-refractivity contribution >= 4 is 5.91 Å². The fourth-order valence-corrected chi connectivity index (χ4v) is 2.31. The lowest BCUT2D eigenvalue weighted by Gasteiger charge is -2.36. The van der Waals surface area contributed by atoms with E-state index in [1.54, 1.807) is 0 Å². The van der Waals surface area contributed by atoms with Gasteiger partial charge in [0.1, 0.15) is 0 Å². The highest BCUT2D eigenvalue weighted by molar-refractivity contribution is 5.86. The summed E-state index contributed by atoms with van der Waals surface area (Å²) in [7, 11) is 0. The number of hydrogen-bond donors (Lipinski definition) is 2. The van der Waals surface area contributed by atoms with Crippen LogP contribution in [0.3, 0.4) is 0 Å². The predicted molar refractivity (Wildman–Crippen MR) is 73.3 cm³/mol. The van der Waals surface area contributed by atoms with Crippen LogP contribution < -0.4 is 11.1 Å². The second-order valence-electron chi connectivity index (χ2n) is 5.37. The van der Waals surface area contributed by atoms with E-state index < -0.39 is 5.54 Å². The molecule has 1 aliphatic rings. The summed E-state index contributed by atoms with van der Waals surface area (Å²) in [6, 6.07) is 10.4. The second-order valence-corrected chi connectivity index (χ2v) is 5.37. The molecule has 0 bridgehead atoms. The highest BCUT2D eigenvalue weighted by atomic mass is 16.2. The minimum Gasteiger partial charge on any atom is -0.354 e. The molecule has 0 heterocycles. The smallest absolute Gasteiger partial charge is 0.240 e. The summed E-state index contributed by atoms with van der Waals surface area (Å²) in [6.07, 6.45) is 3.68. The van der Waals surface area contributed by atoms with Gasteiger partial charge in [0.05, 0.1) is 5.54 Å². The van der Waals surface area contributed by atoms with Gasteiger partial charge in [0.15, 0.2) is 0 Å². The number of nitrogens with one attached hydrogen (secondary N) is 1. The quantitative estimate of drug-likeness (QED) is 0.836. The van der Waals surface area contributed by atoms with Crippen LogP contribution in [0.2, 0.25) is 0 Å². The minimum absolute atomic E-state index is 0.0222. The molecule has 98 valence electrons. The Morgan fingerprint density at radius 1 is 1.39 bits per heavy atom. The monoisotopic (exact) mass is 246 g/mol. The molecule has 0 radical (unpaired) electrons. The molecule has 1 aliphatic carbocycles. The summed E-state index contributed by atoms with van der Waals surface area (Å²) in [4.78, 5) is 11.8. The molecule has 1 saturated carbocycles. The first kappa shape index (κ1) is 13.1. The number of benzene rings is 1. The van der Waals surface area contributed by atoms with E-state index in [0.29, 0.717) is 12.5 Å². The van der Waals surface area contributed by atoms with Crippen LogP contribution in [0.4, 0.5) is 0 Å². The van der Waals surface area contributed by atoms with Gasteiger partial charge in [-0.05, 0) is 37.2 Å². The van der Waals surface area contributed by atoms with E-state index in [-0.39, 0.29) is 5.91 Å². The van der Waals surface area contributed by atoms with Gasteiger partial charge in [0, 0.05) is 6.54 Å². The van der Waals surface area contributed by atoms with Gasteiger partial charge >= 0.3 is 0 Å². The maximum Gasteiger partial charge on any atom is 0.240 e. The molecule has 18 heavy (non-hydrogen) atoms. The van der Waals surface area contributed by atoms with Crippen molar-refractivity contribution in [2.75, 3.05) is 6.54 Å². The minimum atomic E-state index is -0.573. The Morgan fingerprint density at radius 3 is 2.61 bits per heavy atom. The first-order chi connectivity index (χ1) is 8.62. The van der Waals surface area contributed by atoms with Gasteiger partial charge in [-0.3, -0.25) is 4.79 Å². The molecule has 0 aromatic heterocycles. The van der Waals surface area contributed by atoms with Crippen molar-refractivity contribution in [3.63, 3.8) is 0 Å². The van der Waals surface area contributed by atoms with E-state index in [0.717, 1.165) is 25.7 Å². The largest absolute Gasteiger partial charge is 0.354 e. The lowest BCUT2D eigenvalue weighted by atomic mass is 9.77. The topological polar surface area (TPSA) is 55.1 Å².